The van der Waals surface area contributed by atoms with Gasteiger partial charge in [0.2, 0.25) is 11.8 Å². The fourth-order valence-electron chi connectivity index (χ4n) is 2.18. The molecule has 0 bridgehead atoms. The topological polar surface area (TPSA) is 110 Å². The molecule has 144 valence electrons. The lowest BCUT2D eigenvalue weighted by molar-refractivity contribution is -0.129. The number of hydrogen-bond donors (Lipinski definition) is 1. The molecule has 10 heteroatoms. The van der Waals surface area contributed by atoms with Crippen LogP contribution in [0.2, 0.25) is 0 Å². The van der Waals surface area contributed by atoms with E-state index in [0.717, 1.165) is 22.1 Å². The molecule has 0 aliphatic carbocycles. The zero-order chi connectivity index (χ0) is 19.8. The van der Waals surface area contributed by atoms with Crippen LogP contribution in [-0.2, 0) is 27.3 Å². The molecular formula is C17H22N6O3S. The highest BCUT2D eigenvalue weighted by Crippen LogP contribution is 2.17. The molecule has 9 nitrogen and oxygen atoms in total. The third-order valence-corrected chi connectivity index (χ3v) is 4.62. The Balaban J connectivity index is 2.03. The fraction of sp³-hybridized carbons (Fsp3) is 0.412. The van der Waals surface area contributed by atoms with E-state index in [1.54, 1.807) is 14.1 Å². The molecule has 1 aromatic heterocycles. The standard InChI is InChI=1S/C17H22N6O3S/c1-12(24)27-11-14(9-13-7-5-4-6-8-13)16(26)18-17-19-21-23(20-17)10-15(25)22(2)3/h4-8,14H,9-11H2,1-3H3,(H,18,20,26). The summed E-state index contributed by atoms with van der Waals surface area (Å²) >= 11 is 1.10. The van der Waals surface area contributed by atoms with E-state index in [1.165, 1.54) is 11.8 Å². The minimum absolute atomic E-state index is 0.0254. The molecule has 0 fully saturated rings. The van der Waals surface area contributed by atoms with E-state index in [1.807, 2.05) is 30.3 Å². The van der Waals surface area contributed by atoms with Gasteiger partial charge in [-0.05, 0) is 17.2 Å². The van der Waals surface area contributed by atoms with Gasteiger partial charge in [-0.3, -0.25) is 19.7 Å². The van der Waals surface area contributed by atoms with Crippen LogP contribution in [-0.4, -0.2) is 61.9 Å². The molecule has 1 atom stereocenters. The Hall–Kier alpha value is -2.75. The lowest BCUT2D eigenvalue weighted by Crippen LogP contribution is -2.28. The zero-order valence-corrected chi connectivity index (χ0v) is 16.3. The quantitative estimate of drug-likeness (QED) is 0.711. The molecule has 1 aromatic carbocycles. The van der Waals surface area contributed by atoms with Crippen molar-refractivity contribution in [2.45, 2.75) is 19.9 Å². The number of anilines is 1. The molecule has 0 aliphatic heterocycles. The number of thioether (sulfide) groups is 1. The van der Waals surface area contributed by atoms with Crippen molar-refractivity contribution in [3.63, 3.8) is 0 Å². The largest absolute Gasteiger partial charge is 0.347 e. The summed E-state index contributed by atoms with van der Waals surface area (Å²) < 4.78 is 0. The van der Waals surface area contributed by atoms with Crippen LogP contribution in [0, 0.1) is 5.92 Å². The first kappa shape index (κ1) is 20.6. The minimum Gasteiger partial charge on any atom is -0.347 e. The van der Waals surface area contributed by atoms with Crippen LogP contribution >= 0.6 is 11.8 Å². The summed E-state index contributed by atoms with van der Waals surface area (Å²) in [4.78, 5) is 38.2. The predicted octanol–water partition coefficient (Wildman–Crippen LogP) is 0.838. The van der Waals surface area contributed by atoms with Crippen molar-refractivity contribution in [2.24, 2.45) is 5.92 Å². The highest BCUT2D eigenvalue weighted by Gasteiger charge is 2.22. The van der Waals surface area contributed by atoms with Gasteiger partial charge in [0.1, 0.15) is 6.54 Å². The van der Waals surface area contributed by atoms with Crippen LogP contribution in [0.4, 0.5) is 5.95 Å². The molecule has 1 heterocycles. The molecule has 2 rings (SSSR count). The fourth-order valence-corrected chi connectivity index (χ4v) is 2.88. The highest BCUT2D eigenvalue weighted by atomic mass is 32.2. The van der Waals surface area contributed by atoms with Gasteiger partial charge in [-0.2, -0.15) is 4.80 Å². The van der Waals surface area contributed by atoms with Gasteiger partial charge in [0.15, 0.2) is 5.12 Å². The Bertz CT molecular complexity index is 793. The van der Waals surface area contributed by atoms with Crippen LogP contribution in [0.1, 0.15) is 12.5 Å². The molecule has 0 spiro atoms. The van der Waals surface area contributed by atoms with E-state index in [9.17, 15) is 14.4 Å². The number of hydrogen-bond acceptors (Lipinski definition) is 7. The van der Waals surface area contributed by atoms with Crippen molar-refractivity contribution in [1.82, 2.24) is 25.1 Å². The van der Waals surface area contributed by atoms with Crippen molar-refractivity contribution < 1.29 is 14.4 Å². The van der Waals surface area contributed by atoms with E-state index < -0.39 is 5.92 Å². The van der Waals surface area contributed by atoms with E-state index in [2.05, 4.69) is 20.7 Å². The summed E-state index contributed by atoms with van der Waals surface area (Å²) in [5.74, 6) is -0.547. The van der Waals surface area contributed by atoms with Gasteiger partial charge in [-0.1, -0.05) is 47.2 Å². The molecule has 2 aromatic rings. The second-order valence-electron chi connectivity index (χ2n) is 6.11. The Labute approximate surface area is 161 Å². The number of benzene rings is 1. The summed E-state index contributed by atoms with van der Waals surface area (Å²) in [6, 6.07) is 9.56. The van der Waals surface area contributed by atoms with Crippen LogP contribution in [0.5, 0.6) is 0 Å². The lowest BCUT2D eigenvalue weighted by atomic mass is 10.0. The normalized spacial score (nSPS) is 11.7. The SMILES string of the molecule is CC(=O)SCC(Cc1ccccc1)C(=O)Nc1nnn(CC(=O)N(C)C)n1. The monoisotopic (exact) mass is 390 g/mol. The molecule has 27 heavy (non-hydrogen) atoms. The van der Waals surface area contributed by atoms with Gasteiger partial charge < -0.3 is 4.90 Å². The van der Waals surface area contributed by atoms with Crippen LogP contribution in [0.25, 0.3) is 0 Å². The maximum absolute atomic E-state index is 12.6. The summed E-state index contributed by atoms with van der Waals surface area (Å²) in [7, 11) is 3.26. The van der Waals surface area contributed by atoms with E-state index >= 15 is 0 Å². The van der Waals surface area contributed by atoms with E-state index in [0.29, 0.717) is 12.2 Å². The Morgan fingerprint density at radius 2 is 1.93 bits per heavy atom. The number of nitrogens with one attached hydrogen (secondary N) is 1. The molecule has 1 unspecified atom stereocenters. The zero-order valence-electron chi connectivity index (χ0n) is 15.5. The number of amides is 2. The lowest BCUT2D eigenvalue weighted by Gasteiger charge is -2.14. The second-order valence-corrected chi connectivity index (χ2v) is 7.31. The number of nitrogens with zero attached hydrogens (tertiary/aromatic N) is 5. The van der Waals surface area contributed by atoms with Gasteiger partial charge in [0.25, 0.3) is 5.95 Å². The van der Waals surface area contributed by atoms with Crippen LogP contribution in [0.15, 0.2) is 30.3 Å². The number of carbonyl (C=O) groups is 3. The van der Waals surface area contributed by atoms with Gasteiger partial charge in [-0.25, -0.2) is 0 Å². The van der Waals surface area contributed by atoms with Crippen molar-refractivity contribution >= 4 is 34.6 Å². The van der Waals surface area contributed by atoms with Gasteiger partial charge >= 0.3 is 0 Å². The number of tetrazole rings is 1. The highest BCUT2D eigenvalue weighted by molar-refractivity contribution is 8.13. The Morgan fingerprint density at radius 3 is 2.56 bits per heavy atom. The third kappa shape index (κ3) is 6.81. The maximum atomic E-state index is 12.6. The minimum atomic E-state index is -0.434. The van der Waals surface area contributed by atoms with Crippen molar-refractivity contribution in [2.75, 3.05) is 25.2 Å². The number of aromatic nitrogens is 4. The summed E-state index contributed by atoms with van der Waals surface area (Å²) in [6.07, 6.45) is 0.486. The van der Waals surface area contributed by atoms with Gasteiger partial charge in [0, 0.05) is 26.8 Å². The van der Waals surface area contributed by atoms with Crippen LogP contribution < -0.4 is 5.32 Å². The smallest absolute Gasteiger partial charge is 0.270 e. The summed E-state index contributed by atoms with van der Waals surface area (Å²) in [5.41, 5.74) is 0.995. The van der Waals surface area contributed by atoms with Crippen molar-refractivity contribution in [3.05, 3.63) is 35.9 Å². The Morgan fingerprint density at radius 1 is 1.22 bits per heavy atom. The van der Waals surface area contributed by atoms with E-state index in [-0.39, 0.29) is 29.4 Å². The molecule has 0 saturated carbocycles. The first-order valence-electron chi connectivity index (χ1n) is 8.31. The number of rotatable bonds is 8. The first-order valence-corrected chi connectivity index (χ1v) is 9.30. The van der Waals surface area contributed by atoms with Crippen LogP contribution in [0.3, 0.4) is 0 Å². The van der Waals surface area contributed by atoms with Gasteiger partial charge in [0.05, 0.1) is 5.92 Å². The van der Waals surface area contributed by atoms with Crippen molar-refractivity contribution in [1.29, 1.82) is 0 Å². The maximum Gasteiger partial charge on any atom is 0.270 e. The average Bonchev–Trinajstić information content (AvgIpc) is 3.05. The molecule has 0 saturated heterocycles. The molecule has 1 N–H and O–H groups in total. The van der Waals surface area contributed by atoms with E-state index in [4.69, 9.17) is 0 Å². The third-order valence-electron chi connectivity index (χ3n) is 3.65. The molecule has 2 amide bonds. The average molecular weight is 390 g/mol. The molecule has 0 aliphatic rings. The summed E-state index contributed by atoms with van der Waals surface area (Å²) in [5, 5.41) is 14.1. The molecule has 0 radical (unpaired) electrons. The number of carbonyl (C=O) groups excluding carboxylic acids is 3. The first-order chi connectivity index (χ1) is 12.8. The second kappa shape index (κ2) is 9.81. The number of likely N-dealkylation sites (N-methyl/N-ethyl adjacent to an activating group) is 1. The Kier molecular flexibility index (Phi) is 7.47. The summed E-state index contributed by atoms with van der Waals surface area (Å²) in [6.45, 7) is 1.40. The van der Waals surface area contributed by atoms with Crippen molar-refractivity contribution in [3.8, 4) is 0 Å². The molecular weight excluding hydrogens is 368 g/mol. The van der Waals surface area contributed by atoms with Gasteiger partial charge in [-0.15, -0.1) is 5.10 Å². The predicted molar refractivity (Wildman–Crippen MR) is 102 cm³/mol.